The molecule has 0 N–H and O–H groups in total. The highest BCUT2D eigenvalue weighted by atomic mass is 32.1. The maximum Gasteiger partial charge on any atom is 0.0424 e. The third kappa shape index (κ3) is 2.05. The summed E-state index contributed by atoms with van der Waals surface area (Å²) in [6.45, 7) is 2.25. The highest BCUT2D eigenvalue weighted by molar-refractivity contribution is 7.20. The first-order valence-electron chi connectivity index (χ1n) is 8.60. The van der Waals surface area contributed by atoms with Crippen LogP contribution in [-0.2, 0) is 6.42 Å². The number of aryl methyl sites for hydroxylation is 1. The van der Waals surface area contributed by atoms with Crippen molar-refractivity contribution in [3.63, 3.8) is 0 Å². The minimum absolute atomic E-state index is 1.18. The SMILES string of the molecule is CCCc1cc2ccc3c4cc5ccccc5cc4ccc3c2s1. The normalized spacial score (nSPS) is 11.9. The number of rotatable bonds is 2. The van der Waals surface area contributed by atoms with E-state index in [4.69, 9.17) is 0 Å². The lowest BCUT2D eigenvalue weighted by Crippen LogP contribution is -1.80. The molecule has 1 heteroatoms. The van der Waals surface area contributed by atoms with E-state index in [1.807, 2.05) is 11.3 Å². The second-order valence-electron chi connectivity index (χ2n) is 6.53. The van der Waals surface area contributed by atoms with Crippen LogP contribution in [0.3, 0.4) is 0 Å². The van der Waals surface area contributed by atoms with E-state index in [9.17, 15) is 0 Å². The Bertz CT molecular complexity index is 1210. The zero-order valence-electron chi connectivity index (χ0n) is 13.7. The average Bonchev–Trinajstić information content (AvgIpc) is 3.03. The van der Waals surface area contributed by atoms with Crippen LogP contribution in [0.4, 0.5) is 0 Å². The fourth-order valence-electron chi connectivity index (χ4n) is 3.75. The maximum absolute atomic E-state index is 2.37. The van der Waals surface area contributed by atoms with E-state index in [1.54, 1.807) is 0 Å². The lowest BCUT2D eigenvalue weighted by atomic mass is 9.97. The van der Waals surface area contributed by atoms with Crippen LogP contribution in [-0.4, -0.2) is 0 Å². The monoisotopic (exact) mass is 326 g/mol. The minimum atomic E-state index is 1.18. The van der Waals surface area contributed by atoms with E-state index in [1.165, 1.54) is 60.1 Å². The van der Waals surface area contributed by atoms with Gasteiger partial charge in [-0.15, -0.1) is 11.3 Å². The number of thiophene rings is 1. The molecule has 0 atom stereocenters. The Hall–Kier alpha value is -2.38. The van der Waals surface area contributed by atoms with Crippen LogP contribution >= 0.6 is 11.3 Å². The van der Waals surface area contributed by atoms with Crippen molar-refractivity contribution in [2.24, 2.45) is 0 Å². The number of benzene rings is 4. The molecule has 0 aliphatic heterocycles. The molecule has 5 aromatic rings. The van der Waals surface area contributed by atoms with Gasteiger partial charge in [0.15, 0.2) is 0 Å². The van der Waals surface area contributed by atoms with Gasteiger partial charge in [-0.3, -0.25) is 0 Å². The predicted molar refractivity (Wildman–Crippen MR) is 108 cm³/mol. The molecule has 0 bridgehead atoms. The van der Waals surface area contributed by atoms with Crippen molar-refractivity contribution >= 4 is 53.7 Å². The van der Waals surface area contributed by atoms with Gasteiger partial charge >= 0.3 is 0 Å². The molecule has 1 aromatic heterocycles. The molecule has 0 unspecified atom stereocenters. The van der Waals surface area contributed by atoms with E-state index in [0.717, 1.165) is 0 Å². The Morgan fingerprint density at radius 3 is 2.25 bits per heavy atom. The first kappa shape index (κ1) is 14.0. The highest BCUT2D eigenvalue weighted by Gasteiger charge is 2.09. The highest BCUT2D eigenvalue weighted by Crippen LogP contribution is 2.37. The summed E-state index contributed by atoms with van der Waals surface area (Å²) in [5.41, 5.74) is 0. The van der Waals surface area contributed by atoms with Crippen molar-refractivity contribution in [2.75, 3.05) is 0 Å². The van der Waals surface area contributed by atoms with Crippen LogP contribution in [0.1, 0.15) is 18.2 Å². The number of hydrogen-bond donors (Lipinski definition) is 0. The molecule has 116 valence electrons. The third-order valence-corrected chi connectivity index (χ3v) is 6.15. The van der Waals surface area contributed by atoms with Crippen molar-refractivity contribution in [2.45, 2.75) is 19.8 Å². The lowest BCUT2D eigenvalue weighted by molar-refractivity contribution is 0.941. The molecular weight excluding hydrogens is 308 g/mol. The summed E-state index contributed by atoms with van der Waals surface area (Å²) in [4.78, 5) is 1.50. The molecule has 0 saturated carbocycles. The van der Waals surface area contributed by atoms with Crippen LogP contribution in [0.25, 0.3) is 42.4 Å². The molecule has 4 aromatic carbocycles. The van der Waals surface area contributed by atoms with E-state index < -0.39 is 0 Å². The van der Waals surface area contributed by atoms with Gasteiger partial charge in [0.2, 0.25) is 0 Å². The summed E-state index contributed by atoms with van der Waals surface area (Å²) in [6, 6.07) is 24.8. The Morgan fingerprint density at radius 1 is 0.667 bits per heavy atom. The predicted octanol–water partition coefficient (Wildman–Crippen LogP) is 7.31. The standard InChI is InChI=1S/C23H18S/c1-2-5-19-13-18-9-10-20-21(23(18)24-19)11-8-17-12-15-6-3-4-7-16(15)14-22(17)20/h3-4,6-14H,2,5H2,1H3. The quantitative estimate of drug-likeness (QED) is 0.235. The second-order valence-corrected chi connectivity index (χ2v) is 7.66. The van der Waals surface area contributed by atoms with Crippen molar-refractivity contribution < 1.29 is 0 Å². The second kappa shape index (κ2) is 5.32. The van der Waals surface area contributed by atoms with Crippen LogP contribution in [0.2, 0.25) is 0 Å². The molecule has 0 aliphatic rings. The molecule has 0 amide bonds. The van der Waals surface area contributed by atoms with Crippen molar-refractivity contribution in [3.05, 3.63) is 71.6 Å². The van der Waals surface area contributed by atoms with Crippen molar-refractivity contribution in [1.82, 2.24) is 0 Å². The van der Waals surface area contributed by atoms with Gasteiger partial charge in [0.1, 0.15) is 0 Å². The summed E-state index contributed by atoms with van der Waals surface area (Å²) in [7, 11) is 0. The Kier molecular flexibility index (Phi) is 3.11. The zero-order chi connectivity index (χ0) is 16.1. The number of hydrogen-bond acceptors (Lipinski definition) is 1. The molecule has 0 fully saturated rings. The number of fused-ring (bicyclic) bond motifs is 6. The molecule has 0 saturated heterocycles. The molecule has 0 radical (unpaired) electrons. The third-order valence-electron chi connectivity index (χ3n) is 4.91. The fourth-order valence-corrected chi connectivity index (χ4v) is 5.04. The molecular formula is C23H18S. The Morgan fingerprint density at radius 2 is 1.42 bits per heavy atom. The zero-order valence-corrected chi connectivity index (χ0v) is 14.5. The Balaban J connectivity index is 1.89. The van der Waals surface area contributed by atoms with E-state index in [2.05, 4.69) is 73.7 Å². The van der Waals surface area contributed by atoms with Crippen LogP contribution in [0, 0.1) is 0 Å². The maximum atomic E-state index is 2.37. The van der Waals surface area contributed by atoms with Gasteiger partial charge in [-0.25, -0.2) is 0 Å². The molecule has 5 rings (SSSR count). The van der Waals surface area contributed by atoms with E-state index in [-0.39, 0.29) is 0 Å². The molecule has 1 heterocycles. The van der Waals surface area contributed by atoms with Gasteiger partial charge in [-0.1, -0.05) is 61.9 Å². The smallest absolute Gasteiger partial charge is 0.0424 e. The summed E-state index contributed by atoms with van der Waals surface area (Å²) in [5, 5.41) is 9.46. The topological polar surface area (TPSA) is 0 Å². The van der Waals surface area contributed by atoms with Crippen LogP contribution in [0.15, 0.2) is 66.7 Å². The summed E-state index contributed by atoms with van der Waals surface area (Å²) in [5.74, 6) is 0. The van der Waals surface area contributed by atoms with Gasteiger partial charge in [0.25, 0.3) is 0 Å². The molecule has 0 aliphatic carbocycles. The fraction of sp³-hybridized carbons (Fsp3) is 0.130. The first-order valence-corrected chi connectivity index (χ1v) is 9.42. The largest absolute Gasteiger partial charge is 0.140 e. The van der Waals surface area contributed by atoms with Gasteiger partial charge in [0.05, 0.1) is 0 Å². The van der Waals surface area contributed by atoms with E-state index in [0.29, 0.717) is 0 Å². The van der Waals surface area contributed by atoms with Gasteiger partial charge in [0, 0.05) is 15.0 Å². The summed E-state index contributed by atoms with van der Waals surface area (Å²) >= 11 is 1.96. The summed E-state index contributed by atoms with van der Waals surface area (Å²) < 4.78 is 1.44. The molecule has 0 nitrogen and oxygen atoms in total. The molecule has 0 spiro atoms. The van der Waals surface area contributed by atoms with Gasteiger partial charge in [-0.2, -0.15) is 0 Å². The van der Waals surface area contributed by atoms with Crippen LogP contribution in [0.5, 0.6) is 0 Å². The van der Waals surface area contributed by atoms with Crippen molar-refractivity contribution in [3.8, 4) is 0 Å². The summed E-state index contributed by atoms with van der Waals surface area (Å²) in [6.07, 6.45) is 2.39. The van der Waals surface area contributed by atoms with Crippen LogP contribution < -0.4 is 0 Å². The van der Waals surface area contributed by atoms with Gasteiger partial charge < -0.3 is 0 Å². The lowest BCUT2D eigenvalue weighted by Gasteiger charge is -2.07. The van der Waals surface area contributed by atoms with Gasteiger partial charge in [-0.05, 0) is 56.9 Å². The Labute approximate surface area is 145 Å². The van der Waals surface area contributed by atoms with E-state index >= 15 is 0 Å². The first-order chi connectivity index (χ1) is 11.8. The minimum Gasteiger partial charge on any atom is -0.140 e. The average molecular weight is 326 g/mol. The van der Waals surface area contributed by atoms with Crippen molar-refractivity contribution in [1.29, 1.82) is 0 Å². The molecule has 24 heavy (non-hydrogen) atoms.